The summed E-state index contributed by atoms with van der Waals surface area (Å²) in [6.45, 7) is 4.73. The fourth-order valence-corrected chi connectivity index (χ4v) is 5.15. The van der Waals surface area contributed by atoms with Crippen molar-refractivity contribution < 1.29 is 14.1 Å². The van der Waals surface area contributed by atoms with Crippen LogP contribution in [-0.4, -0.2) is 40.8 Å². The second-order valence-electron chi connectivity index (χ2n) is 8.78. The average Bonchev–Trinajstić information content (AvgIpc) is 3.17. The van der Waals surface area contributed by atoms with Crippen LogP contribution in [0.5, 0.6) is 0 Å². The molecule has 0 radical (unpaired) electrons. The average molecular weight is 428 g/mol. The molecule has 1 aliphatic carbocycles. The number of para-hydroxylation sites is 1. The maximum Gasteiger partial charge on any atom is 0.255 e. The summed E-state index contributed by atoms with van der Waals surface area (Å²) in [5, 5.41) is 4.67. The van der Waals surface area contributed by atoms with E-state index in [1.165, 1.54) is 0 Å². The van der Waals surface area contributed by atoms with Gasteiger partial charge in [-0.25, -0.2) is 0 Å². The summed E-state index contributed by atoms with van der Waals surface area (Å²) >= 11 is 6.58. The summed E-state index contributed by atoms with van der Waals surface area (Å²) in [4.78, 5) is 26.7. The SMILES string of the molecule is CC1CC1c1noc(C2N=CN3c4cccc(Cl)c4N(C4(C)CCCO4)C(=O)C23)n1. The van der Waals surface area contributed by atoms with E-state index in [9.17, 15) is 4.79 Å². The number of hydrogen-bond donors (Lipinski definition) is 0. The van der Waals surface area contributed by atoms with Crippen LogP contribution >= 0.6 is 11.6 Å². The Balaban J connectivity index is 1.43. The molecule has 4 heterocycles. The zero-order valence-corrected chi connectivity index (χ0v) is 17.5. The normalized spacial score (nSPS) is 34.4. The van der Waals surface area contributed by atoms with Crippen molar-refractivity contribution >= 4 is 35.2 Å². The Morgan fingerprint density at radius 2 is 2.17 bits per heavy atom. The van der Waals surface area contributed by atoms with Crippen LogP contribution in [0.1, 0.15) is 56.8 Å². The van der Waals surface area contributed by atoms with Crippen LogP contribution in [0.3, 0.4) is 0 Å². The van der Waals surface area contributed by atoms with E-state index in [0.717, 1.165) is 24.9 Å². The molecule has 2 aromatic rings. The topological polar surface area (TPSA) is 84.1 Å². The Morgan fingerprint density at radius 3 is 2.90 bits per heavy atom. The highest BCUT2D eigenvalue weighted by Gasteiger charge is 2.54. The molecule has 9 heteroatoms. The van der Waals surface area contributed by atoms with E-state index in [-0.39, 0.29) is 5.91 Å². The molecule has 3 aliphatic heterocycles. The molecule has 4 aliphatic rings. The predicted octanol–water partition coefficient (Wildman–Crippen LogP) is 3.68. The van der Waals surface area contributed by atoms with Gasteiger partial charge in [0.25, 0.3) is 11.8 Å². The fraction of sp³-hybridized carbons (Fsp3) is 0.524. The third-order valence-electron chi connectivity index (χ3n) is 6.71. The lowest BCUT2D eigenvalue weighted by molar-refractivity contribution is -0.125. The highest BCUT2D eigenvalue weighted by Crippen LogP contribution is 2.50. The molecule has 0 bridgehead atoms. The molecule has 8 nitrogen and oxygen atoms in total. The van der Waals surface area contributed by atoms with Crippen LogP contribution in [0.15, 0.2) is 27.7 Å². The molecule has 1 aromatic carbocycles. The Kier molecular flexibility index (Phi) is 3.83. The van der Waals surface area contributed by atoms with Crippen molar-refractivity contribution in [2.75, 3.05) is 16.4 Å². The summed E-state index contributed by atoms with van der Waals surface area (Å²) in [5.74, 6) is 1.87. The standard InChI is InChI=1S/C21H22ClN5O3/c1-11-9-12(11)18-24-19(30-25-18)15-17-20(28)27(21(2)7-4-8-29-21)16-13(22)5-3-6-14(16)26(17)10-23-15/h3,5-6,10-12,15,17H,4,7-9H2,1-2H3. The molecule has 156 valence electrons. The summed E-state index contributed by atoms with van der Waals surface area (Å²) < 4.78 is 11.6. The molecule has 30 heavy (non-hydrogen) atoms. The van der Waals surface area contributed by atoms with Gasteiger partial charge in [-0.05, 0) is 44.2 Å². The number of rotatable bonds is 3. The van der Waals surface area contributed by atoms with Crippen molar-refractivity contribution in [3.05, 3.63) is 34.9 Å². The van der Waals surface area contributed by atoms with Crippen molar-refractivity contribution in [2.45, 2.75) is 56.8 Å². The fourth-order valence-electron chi connectivity index (χ4n) is 4.90. The monoisotopic (exact) mass is 427 g/mol. The molecule has 1 aromatic heterocycles. The van der Waals surface area contributed by atoms with Gasteiger partial charge >= 0.3 is 0 Å². The molecular formula is C21H22ClN5O3. The van der Waals surface area contributed by atoms with Crippen LogP contribution in [-0.2, 0) is 9.53 Å². The Hall–Kier alpha value is -2.45. The van der Waals surface area contributed by atoms with Gasteiger partial charge in [0.1, 0.15) is 11.8 Å². The molecule has 2 fully saturated rings. The highest BCUT2D eigenvalue weighted by atomic mass is 35.5. The molecule has 1 amide bonds. The lowest BCUT2D eigenvalue weighted by atomic mass is 9.97. The summed E-state index contributed by atoms with van der Waals surface area (Å²) in [6.07, 6.45) is 4.38. The second-order valence-corrected chi connectivity index (χ2v) is 9.19. The number of fused-ring (bicyclic) bond motifs is 3. The van der Waals surface area contributed by atoms with Gasteiger partial charge in [0.15, 0.2) is 11.9 Å². The third kappa shape index (κ3) is 2.50. The first kappa shape index (κ1) is 18.3. The number of benzene rings is 1. The largest absolute Gasteiger partial charge is 0.355 e. The van der Waals surface area contributed by atoms with E-state index in [1.807, 2.05) is 24.0 Å². The molecular weight excluding hydrogens is 406 g/mol. The second kappa shape index (κ2) is 6.28. The number of amides is 1. The Morgan fingerprint density at radius 1 is 1.33 bits per heavy atom. The van der Waals surface area contributed by atoms with E-state index >= 15 is 0 Å². The van der Waals surface area contributed by atoms with Gasteiger partial charge < -0.3 is 14.2 Å². The van der Waals surface area contributed by atoms with Crippen molar-refractivity contribution in [3.63, 3.8) is 0 Å². The van der Waals surface area contributed by atoms with Gasteiger partial charge in [0, 0.05) is 12.5 Å². The van der Waals surface area contributed by atoms with Crippen molar-refractivity contribution in [1.82, 2.24) is 10.1 Å². The van der Waals surface area contributed by atoms with Crippen LogP contribution in [0, 0.1) is 5.92 Å². The number of carbonyl (C=O) groups is 1. The minimum absolute atomic E-state index is 0.123. The highest BCUT2D eigenvalue weighted by molar-refractivity contribution is 6.35. The van der Waals surface area contributed by atoms with Crippen molar-refractivity contribution in [2.24, 2.45) is 10.9 Å². The van der Waals surface area contributed by atoms with Crippen molar-refractivity contribution in [1.29, 1.82) is 0 Å². The Bertz CT molecular complexity index is 1060. The maximum absolute atomic E-state index is 13.9. The van der Waals surface area contributed by atoms with E-state index in [4.69, 9.17) is 20.9 Å². The molecule has 1 saturated carbocycles. The van der Waals surface area contributed by atoms with Crippen LogP contribution in [0.2, 0.25) is 5.02 Å². The minimum atomic E-state index is -0.750. The number of halogens is 1. The molecule has 6 rings (SSSR count). The van der Waals surface area contributed by atoms with Gasteiger partial charge in [-0.2, -0.15) is 4.98 Å². The number of aromatic nitrogens is 2. The van der Waals surface area contributed by atoms with Crippen molar-refractivity contribution in [3.8, 4) is 0 Å². The smallest absolute Gasteiger partial charge is 0.255 e. The number of hydrogen-bond acceptors (Lipinski definition) is 7. The summed E-state index contributed by atoms with van der Waals surface area (Å²) in [6, 6.07) is 4.45. The van der Waals surface area contributed by atoms with E-state index < -0.39 is 17.8 Å². The van der Waals surface area contributed by atoms with Gasteiger partial charge in [0.2, 0.25) is 0 Å². The minimum Gasteiger partial charge on any atom is -0.355 e. The molecule has 0 N–H and O–H groups in total. The predicted molar refractivity (Wildman–Crippen MR) is 111 cm³/mol. The van der Waals surface area contributed by atoms with Crippen LogP contribution in [0.25, 0.3) is 0 Å². The Labute approximate surface area is 178 Å². The summed E-state index contributed by atoms with van der Waals surface area (Å²) in [5.41, 5.74) is 0.736. The summed E-state index contributed by atoms with van der Waals surface area (Å²) in [7, 11) is 0. The molecule has 0 spiro atoms. The van der Waals surface area contributed by atoms with E-state index in [2.05, 4.69) is 22.1 Å². The van der Waals surface area contributed by atoms with Gasteiger partial charge in [-0.3, -0.25) is 14.7 Å². The van der Waals surface area contributed by atoms with Gasteiger partial charge in [-0.1, -0.05) is 29.7 Å². The number of carbonyl (C=O) groups excluding carboxylic acids is 1. The first-order chi connectivity index (χ1) is 14.5. The van der Waals surface area contributed by atoms with Gasteiger partial charge in [-0.15, -0.1) is 0 Å². The third-order valence-corrected chi connectivity index (χ3v) is 7.02. The first-order valence-electron chi connectivity index (χ1n) is 10.4. The number of ether oxygens (including phenoxy) is 1. The number of anilines is 2. The lowest BCUT2D eigenvalue weighted by Crippen LogP contribution is -2.60. The maximum atomic E-state index is 13.9. The quantitative estimate of drug-likeness (QED) is 0.742. The van der Waals surface area contributed by atoms with Crippen LogP contribution in [0.4, 0.5) is 11.4 Å². The molecule has 1 saturated heterocycles. The van der Waals surface area contributed by atoms with Crippen LogP contribution < -0.4 is 9.80 Å². The number of nitrogens with zero attached hydrogens (tertiary/aromatic N) is 5. The molecule has 5 atom stereocenters. The molecule has 5 unspecified atom stereocenters. The zero-order chi connectivity index (χ0) is 20.6. The first-order valence-corrected chi connectivity index (χ1v) is 10.8. The lowest BCUT2D eigenvalue weighted by Gasteiger charge is -2.46. The van der Waals surface area contributed by atoms with Gasteiger partial charge in [0.05, 0.1) is 22.7 Å². The zero-order valence-electron chi connectivity index (χ0n) is 16.8. The van der Waals surface area contributed by atoms with E-state index in [1.54, 1.807) is 17.3 Å². The van der Waals surface area contributed by atoms with E-state index in [0.29, 0.717) is 40.9 Å². The number of aliphatic imine (C=N–C) groups is 1.